The molecule has 0 bridgehead atoms. The SMILES string of the molecule is CC(C)(C)c1cc(O)cc(F)c1C1CC1. The van der Waals surface area contributed by atoms with Crippen molar-refractivity contribution in [3.8, 4) is 5.75 Å². The molecule has 0 radical (unpaired) electrons. The van der Waals surface area contributed by atoms with Crippen LogP contribution >= 0.6 is 0 Å². The molecular formula is C13H17FO. The summed E-state index contributed by atoms with van der Waals surface area (Å²) in [5.41, 5.74) is 1.65. The average molecular weight is 208 g/mol. The summed E-state index contributed by atoms with van der Waals surface area (Å²) in [6, 6.07) is 2.93. The Bertz CT molecular complexity index is 386. The molecule has 1 nitrogen and oxygen atoms in total. The maximum atomic E-state index is 13.8. The van der Waals surface area contributed by atoms with Crippen LogP contribution in [0.4, 0.5) is 4.39 Å². The lowest BCUT2D eigenvalue weighted by Crippen LogP contribution is -2.15. The smallest absolute Gasteiger partial charge is 0.130 e. The fourth-order valence-corrected chi connectivity index (χ4v) is 2.01. The Labute approximate surface area is 89.9 Å². The van der Waals surface area contributed by atoms with E-state index in [1.165, 1.54) is 6.07 Å². The normalized spacial score (nSPS) is 16.8. The molecule has 0 amide bonds. The lowest BCUT2D eigenvalue weighted by Gasteiger charge is -2.23. The zero-order valence-corrected chi connectivity index (χ0v) is 9.47. The molecule has 1 aromatic carbocycles. The highest BCUT2D eigenvalue weighted by atomic mass is 19.1. The fraction of sp³-hybridized carbons (Fsp3) is 0.538. The zero-order chi connectivity index (χ0) is 11.2. The molecule has 15 heavy (non-hydrogen) atoms. The minimum absolute atomic E-state index is 0.0295. The number of phenolic OH excluding ortho intramolecular Hbond substituents is 1. The maximum Gasteiger partial charge on any atom is 0.130 e. The summed E-state index contributed by atoms with van der Waals surface area (Å²) in [6.45, 7) is 6.15. The Morgan fingerprint density at radius 2 is 1.87 bits per heavy atom. The Balaban J connectivity index is 2.59. The summed E-state index contributed by atoms with van der Waals surface area (Å²) in [6.07, 6.45) is 2.15. The molecule has 2 rings (SSSR count). The summed E-state index contributed by atoms with van der Waals surface area (Å²) < 4.78 is 13.8. The molecule has 1 N–H and O–H groups in total. The predicted molar refractivity (Wildman–Crippen MR) is 58.7 cm³/mol. The van der Waals surface area contributed by atoms with Crippen molar-refractivity contribution in [2.24, 2.45) is 0 Å². The molecule has 0 aliphatic heterocycles. The first-order valence-electron chi connectivity index (χ1n) is 5.42. The van der Waals surface area contributed by atoms with E-state index in [-0.39, 0.29) is 17.0 Å². The van der Waals surface area contributed by atoms with Gasteiger partial charge in [0, 0.05) is 6.07 Å². The lowest BCUT2D eigenvalue weighted by molar-refractivity contribution is 0.460. The van der Waals surface area contributed by atoms with E-state index in [9.17, 15) is 9.50 Å². The van der Waals surface area contributed by atoms with Crippen molar-refractivity contribution in [1.82, 2.24) is 0 Å². The van der Waals surface area contributed by atoms with E-state index in [0.29, 0.717) is 5.92 Å². The van der Waals surface area contributed by atoms with Crippen molar-refractivity contribution in [3.05, 3.63) is 29.1 Å². The highest BCUT2D eigenvalue weighted by Gasteiger charge is 2.32. The van der Waals surface area contributed by atoms with Crippen molar-refractivity contribution in [1.29, 1.82) is 0 Å². The first-order valence-corrected chi connectivity index (χ1v) is 5.42. The molecule has 0 unspecified atom stereocenters. The Morgan fingerprint density at radius 1 is 1.27 bits per heavy atom. The second-order valence-electron chi connectivity index (χ2n) is 5.41. The van der Waals surface area contributed by atoms with Crippen molar-refractivity contribution in [3.63, 3.8) is 0 Å². The molecule has 2 heteroatoms. The maximum absolute atomic E-state index is 13.8. The van der Waals surface area contributed by atoms with E-state index >= 15 is 0 Å². The number of benzene rings is 1. The second kappa shape index (κ2) is 3.22. The quantitative estimate of drug-likeness (QED) is 0.746. The van der Waals surface area contributed by atoms with Crippen LogP contribution in [-0.4, -0.2) is 5.11 Å². The van der Waals surface area contributed by atoms with Gasteiger partial charge in [-0.25, -0.2) is 4.39 Å². The van der Waals surface area contributed by atoms with Crippen molar-refractivity contribution in [2.45, 2.75) is 44.9 Å². The first-order chi connectivity index (χ1) is 6.89. The van der Waals surface area contributed by atoms with Gasteiger partial charge in [0.2, 0.25) is 0 Å². The third-order valence-electron chi connectivity index (χ3n) is 2.91. The summed E-state index contributed by atoms with van der Waals surface area (Å²) >= 11 is 0. The molecule has 0 spiro atoms. The van der Waals surface area contributed by atoms with Crippen molar-refractivity contribution in [2.75, 3.05) is 0 Å². The lowest BCUT2D eigenvalue weighted by atomic mass is 9.82. The first kappa shape index (κ1) is 10.5. The number of rotatable bonds is 1. The van der Waals surface area contributed by atoms with Crippen LogP contribution < -0.4 is 0 Å². The van der Waals surface area contributed by atoms with Gasteiger partial charge in [-0.15, -0.1) is 0 Å². The second-order valence-corrected chi connectivity index (χ2v) is 5.41. The van der Waals surface area contributed by atoms with Gasteiger partial charge in [-0.1, -0.05) is 20.8 Å². The van der Waals surface area contributed by atoms with Gasteiger partial charge in [0.15, 0.2) is 0 Å². The van der Waals surface area contributed by atoms with Crippen molar-refractivity contribution < 1.29 is 9.50 Å². The van der Waals surface area contributed by atoms with Crippen molar-refractivity contribution >= 4 is 0 Å². The van der Waals surface area contributed by atoms with Gasteiger partial charge in [0.25, 0.3) is 0 Å². The number of hydrogen-bond acceptors (Lipinski definition) is 1. The molecule has 1 fully saturated rings. The fourth-order valence-electron chi connectivity index (χ4n) is 2.01. The summed E-state index contributed by atoms with van der Waals surface area (Å²) in [4.78, 5) is 0. The van der Waals surface area contributed by atoms with E-state index in [1.54, 1.807) is 6.07 Å². The minimum atomic E-state index is -0.248. The van der Waals surface area contributed by atoms with Crippen LogP contribution in [-0.2, 0) is 5.41 Å². The predicted octanol–water partition coefficient (Wildman–Crippen LogP) is 3.71. The molecule has 1 aliphatic carbocycles. The van der Waals surface area contributed by atoms with E-state index in [1.807, 2.05) is 20.8 Å². The minimum Gasteiger partial charge on any atom is -0.508 e. The molecule has 0 heterocycles. The van der Waals surface area contributed by atoms with Gasteiger partial charge < -0.3 is 5.11 Å². The highest BCUT2D eigenvalue weighted by Crippen LogP contribution is 2.46. The van der Waals surface area contributed by atoms with Crippen LogP contribution in [0.25, 0.3) is 0 Å². The Kier molecular flexibility index (Phi) is 2.25. The molecule has 1 saturated carbocycles. The highest BCUT2D eigenvalue weighted by molar-refractivity contribution is 5.43. The van der Waals surface area contributed by atoms with E-state index in [0.717, 1.165) is 24.0 Å². The topological polar surface area (TPSA) is 20.2 Å². The largest absolute Gasteiger partial charge is 0.508 e. The number of hydrogen-bond donors (Lipinski definition) is 1. The monoisotopic (exact) mass is 208 g/mol. The molecule has 0 saturated heterocycles. The van der Waals surface area contributed by atoms with Gasteiger partial charge >= 0.3 is 0 Å². The van der Waals surface area contributed by atoms with E-state index < -0.39 is 0 Å². The van der Waals surface area contributed by atoms with Crippen LogP contribution in [0.3, 0.4) is 0 Å². The standard InChI is InChI=1S/C13H17FO/c1-13(2,3)10-6-9(15)7-11(14)12(10)8-4-5-8/h6-8,15H,4-5H2,1-3H3. The van der Waals surface area contributed by atoms with Crippen LogP contribution in [0.2, 0.25) is 0 Å². The summed E-state index contributed by atoms with van der Waals surface area (Å²) in [5.74, 6) is 0.157. The van der Waals surface area contributed by atoms with Crippen LogP contribution in [0.5, 0.6) is 5.75 Å². The van der Waals surface area contributed by atoms with Crippen LogP contribution in [0.15, 0.2) is 12.1 Å². The van der Waals surface area contributed by atoms with E-state index in [2.05, 4.69) is 0 Å². The number of halogens is 1. The average Bonchev–Trinajstić information content (AvgIpc) is 2.84. The molecule has 82 valence electrons. The van der Waals surface area contributed by atoms with Gasteiger partial charge in [0.1, 0.15) is 11.6 Å². The van der Waals surface area contributed by atoms with Gasteiger partial charge in [-0.3, -0.25) is 0 Å². The molecule has 0 aromatic heterocycles. The number of aromatic hydroxyl groups is 1. The summed E-state index contributed by atoms with van der Waals surface area (Å²) in [5, 5.41) is 9.44. The van der Waals surface area contributed by atoms with Gasteiger partial charge in [0.05, 0.1) is 0 Å². The van der Waals surface area contributed by atoms with Gasteiger partial charge in [-0.05, 0) is 41.4 Å². The number of phenols is 1. The Morgan fingerprint density at radius 3 is 2.33 bits per heavy atom. The molecule has 0 atom stereocenters. The molecule has 1 aliphatic rings. The van der Waals surface area contributed by atoms with Crippen LogP contribution in [0, 0.1) is 5.82 Å². The van der Waals surface area contributed by atoms with E-state index in [4.69, 9.17) is 0 Å². The molecule has 1 aromatic rings. The summed E-state index contributed by atoms with van der Waals surface area (Å²) in [7, 11) is 0. The zero-order valence-electron chi connectivity index (χ0n) is 9.47. The van der Waals surface area contributed by atoms with Gasteiger partial charge in [-0.2, -0.15) is 0 Å². The third-order valence-corrected chi connectivity index (χ3v) is 2.91. The molecular weight excluding hydrogens is 191 g/mol. The van der Waals surface area contributed by atoms with Crippen LogP contribution in [0.1, 0.15) is 50.7 Å². The Hall–Kier alpha value is -1.05. The third kappa shape index (κ3) is 1.99.